The van der Waals surface area contributed by atoms with Gasteiger partial charge in [-0.3, -0.25) is 9.59 Å². The maximum absolute atomic E-state index is 12.0. The van der Waals surface area contributed by atoms with Gasteiger partial charge in [-0.25, -0.2) is 0 Å². The summed E-state index contributed by atoms with van der Waals surface area (Å²) in [5.41, 5.74) is 2.02. The molecule has 1 saturated carbocycles. The molecule has 0 heterocycles. The highest BCUT2D eigenvalue weighted by atomic mass is 16.5. The van der Waals surface area contributed by atoms with Gasteiger partial charge in [0.25, 0.3) is 0 Å². The highest BCUT2D eigenvalue weighted by molar-refractivity contribution is 5.86. The zero-order chi connectivity index (χ0) is 17.6. The van der Waals surface area contributed by atoms with Gasteiger partial charge in [-0.1, -0.05) is 42.5 Å². The number of carbonyl (C=O) groups is 2. The number of carbonyl (C=O) groups excluding carboxylic acids is 1. The molecule has 25 heavy (non-hydrogen) atoms. The van der Waals surface area contributed by atoms with Gasteiger partial charge in [0, 0.05) is 6.54 Å². The molecule has 0 aromatic heterocycles. The lowest BCUT2D eigenvalue weighted by Gasteiger charge is -2.31. The number of nitrogens with one attached hydrogen (secondary N) is 1. The zero-order valence-corrected chi connectivity index (χ0v) is 13.9. The number of carboxylic acids is 1. The Morgan fingerprint density at radius 2 is 1.60 bits per heavy atom. The molecule has 1 amide bonds. The quantitative estimate of drug-likeness (QED) is 0.813. The lowest BCUT2D eigenvalue weighted by atomic mass is 9.73. The van der Waals surface area contributed by atoms with E-state index in [4.69, 9.17) is 9.84 Å². The summed E-state index contributed by atoms with van der Waals surface area (Å²) in [4.78, 5) is 23.0. The summed E-state index contributed by atoms with van der Waals surface area (Å²) in [5.74, 6) is -1.15. The third kappa shape index (κ3) is 4.38. The molecule has 2 atom stereocenters. The van der Waals surface area contributed by atoms with Crippen LogP contribution in [0.3, 0.4) is 0 Å². The number of aliphatic carboxylic acids is 1. The number of benzene rings is 2. The molecule has 0 radical (unpaired) electrons. The minimum Gasteiger partial charge on any atom is -0.489 e. The second kappa shape index (κ2) is 7.83. The minimum atomic E-state index is -0.880. The van der Waals surface area contributed by atoms with Gasteiger partial charge in [0.15, 0.2) is 0 Å². The van der Waals surface area contributed by atoms with Crippen LogP contribution in [0, 0.1) is 11.8 Å². The monoisotopic (exact) mass is 339 g/mol. The summed E-state index contributed by atoms with van der Waals surface area (Å²) in [7, 11) is 0. The fourth-order valence-corrected chi connectivity index (χ4v) is 2.87. The third-order valence-electron chi connectivity index (χ3n) is 4.57. The van der Waals surface area contributed by atoms with Crippen LogP contribution in [0.15, 0.2) is 54.6 Å². The summed E-state index contributed by atoms with van der Waals surface area (Å²) < 4.78 is 5.69. The van der Waals surface area contributed by atoms with Crippen molar-refractivity contribution in [3.8, 4) is 5.75 Å². The second-order valence-electron chi connectivity index (χ2n) is 6.26. The standard InChI is InChI=1S/C20H21NO4/c22-19(17-10-11-18(17)20(23)24)21-12-14-6-8-15(9-7-14)13-25-16-4-2-1-3-5-16/h1-9,17-18H,10-13H2,(H,21,22)(H,23,24). The van der Waals surface area contributed by atoms with Crippen LogP contribution in [0.5, 0.6) is 5.75 Å². The van der Waals surface area contributed by atoms with Crippen LogP contribution in [0.25, 0.3) is 0 Å². The van der Waals surface area contributed by atoms with Crippen molar-refractivity contribution in [3.05, 3.63) is 65.7 Å². The highest BCUT2D eigenvalue weighted by Gasteiger charge is 2.41. The average molecular weight is 339 g/mol. The first kappa shape index (κ1) is 17.0. The Morgan fingerprint density at radius 1 is 0.960 bits per heavy atom. The summed E-state index contributed by atoms with van der Waals surface area (Å²) in [6, 6.07) is 17.4. The first-order valence-electron chi connectivity index (χ1n) is 8.39. The van der Waals surface area contributed by atoms with Crippen molar-refractivity contribution in [1.29, 1.82) is 0 Å². The third-order valence-corrected chi connectivity index (χ3v) is 4.57. The minimum absolute atomic E-state index is 0.171. The van der Waals surface area contributed by atoms with Crippen LogP contribution in [0.4, 0.5) is 0 Å². The molecule has 0 bridgehead atoms. The maximum Gasteiger partial charge on any atom is 0.307 e. The summed E-state index contributed by atoms with van der Waals surface area (Å²) in [5, 5.41) is 11.8. The van der Waals surface area contributed by atoms with Gasteiger partial charge in [0.05, 0.1) is 11.8 Å². The van der Waals surface area contributed by atoms with Crippen molar-refractivity contribution in [1.82, 2.24) is 5.32 Å². The fourth-order valence-electron chi connectivity index (χ4n) is 2.87. The smallest absolute Gasteiger partial charge is 0.307 e. The van der Waals surface area contributed by atoms with E-state index >= 15 is 0 Å². The van der Waals surface area contributed by atoms with E-state index in [1.807, 2.05) is 54.6 Å². The summed E-state index contributed by atoms with van der Waals surface area (Å²) in [6.45, 7) is 0.889. The molecule has 1 aliphatic carbocycles. The van der Waals surface area contributed by atoms with Crippen molar-refractivity contribution >= 4 is 11.9 Å². The van der Waals surface area contributed by atoms with E-state index in [9.17, 15) is 9.59 Å². The molecule has 1 aliphatic rings. The van der Waals surface area contributed by atoms with Crippen molar-refractivity contribution < 1.29 is 19.4 Å². The fraction of sp³-hybridized carbons (Fsp3) is 0.300. The Labute approximate surface area is 146 Å². The summed E-state index contributed by atoms with van der Waals surface area (Å²) >= 11 is 0. The van der Waals surface area contributed by atoms with E-state index in [2.05, 4.69) is 5.32 Å². The SMILES string of the molecule is O=C(O)C1CCC1C(=O)NCc1ccc(COc2ccccc2)cc1. The molecular formula is C20H21NO4. The number of ether oxygens (including phenoxy) is 1. The number of hydrogen-bond donors (Lipinski definition) is 2. The molecule has 2 unspecified atom stereocenters. The van der Waals surface area contributed by atoms with Crippen LogP contribution in [-0.2, 0) is 22.7 Å². The molecular weight excluding hydrogens is 318 g/mol. The van der Waals surface area contributed by atoms with Gasteiger partial charge in [-0.15, -0.1) is 0 Å². The molecule has 5 heteroatoms. The van der Waals surface area contributed by atoms with E-state index in [1.165, 1.54) is 0 Å². The van der Waals surface area contributed by atoms with E-state index in [-0.39, 0.29) is 5.91 Å². The van der Waals surface area contributed by atoms with Crippen LogP contribution < -0.4 is 10.1 Å². The number of hydrogen-bond acceptors (Lipinski definition) is 3. The Morgan fingerprint density at radius 3 is 2.20 bits per heavy atom. The predicted molar refractivity (Wildman–Crippen MR) is 92.9 cm³/mol. The van der Waals surface area contributed by atoms with Crippen LogP contribution >= 0.6 is 0 Å². The van der Waals surface area contributed by atoms with Crippen molar-refractivity contribution in [2.24, 2.45) is 11.8 Å². The number of rotatable bonds is 7. The zero-order valence-electron chi connectivity index (χ0n) is 13.9. The lowest BCUT2D eigenvalue weighted by molar-refractivity contribution is -0.152. The molecule has 2 N–H and O–H groups in total. The van der Waals surface area contributed by atoms with Crippen molar-refractivity contribution in [2.45, 2.75) is 26.0 Å². The van der Waals surface area contributed by atoms with Gasteiger partial charge in [0.2, 0.25) is 5.91 Å². The van der Waals surface area contributed by atoms with Crippen molar-refractivity contribution in [2.75, 3.05) is 0 Å². The topological polar surface area (TPSA) is 75.6 Å². The number of para-hydroxylation sites is 1. The Kier molecular flexibility index (Phi) is 5.33. The predicted octanol–water partition coefficient (Wildman–Crippen LogP) is 2.99. The van der Waals surface area contributed by atoms with Gasteiger partial charge in [-0.05, 0) is 36.1 Å². The maximum atomic E-state index is 12.0. The van der Waals surface area contributed by atoms with Crippen LogP contribution in [0.2, 0.25) is 0 Å². The van der Waals surface area contributed by atoms with Gasteiger partial charge >= 0.3 is 5.97 Å². The molecule has 2 aromatic carbocycles. The first-order chi connectivity index (χ1) is 12.1. The normalized spacial score (nSPS) is 18.9. The van der Waals surface area contributed by atoms with Gasteiger partial charge < -0.3 is 15.2 Å². The molecule has 3 rings (SSSR count). The second-order valence-corrected chi connectivity index (χ2v) is 6.26. The summed E-state index contributed by atoms with van der Waals surface area (Å²) in [6.07, 6.45) is 1.24. The Hall–Kier alpha value is -2.82. The Balaban J connectivity index is 1.46. The molecule has 1 fully saturated rings. The van der Waals surface area contributed by atoms with E-state index in [0.29, 0.717) is 26.0 Å². The molecule has 0 saturated heterocycles. The largest absolute Gasteiger partial charge is 0.489 e. The van der Waals surface area contributed by atoms with Crippen LogP contribution in [0.1, 0.15) is 24.0 Å². The molecule has 0 spiro atoms. The molecule has 0 aliphatic heterocycles. The average Bonchev–Trinajstić information content (AvgIpc) is 2.58. The molecule has 5 nitrogen and oxygen atoms in total. The highest BCUT2D eigenvalue weighted by Crippen LogP contribution is 2.34. The molecule has 130 valence electrons. The number of amides is 1. The van der Waals surface area contributed by atoms with Crippen molar-refractivity contribution in [3.63, 3.8) is 0 Å². The number of carboxylic acid groups (broad SMARTS) is 1. The van der Waals surface area contributed by atoms with Gasteiger partial charge in [0.1, 0.15) is 12.4 Å². The van der Waals surface area contributed by atoms with Crippen LogP contribution in [-0.4, -0.2) is 17.0 Å². The first-order valence-corrected chi connectivity index (χ1v) is 8.39. The lowest BCUT2D eigenvalue weighted by Crippen LogP contribution is -2.43. The van der Waals surface area contributed by atoms with E-state index in [0.717, 1.165) is 16.9 Å². The van der Waals surface area contributed by atoms with Gasteiger partial charge in [-0.2, -0.15) is 0 Å². The Bertz CT molecular complexity index is 727. The van der Waals surface area contributed by atoms with E-state index in [1.54, 1.807) is 0 Å². The van der Waals surface area contributed by atoms with E-state index < -0.39 is 17.8 Å². The molecule has 2 aromatic rings.